The molecule has 3 rings (SSSR count). The van der Waals surface area contributed by atoms with E-state index in [1.54, 1.807) is 0 Å². The Morgan fingerprint density at radius 1 is 1.27 bits per heavy atom. The van der Waals surface area contributed by atoms with Gasteiger partial charge in [0.2, 0.25) is 5.91 Å². The Morgan fingerprint density at radius 3 is 2.54 bits per heavy atom. The molecule has 1 saturated carbocycles. The Labute approximate surface area is 151 Å². The van der Waals surface area contributed by atoms with E-state index in [-0.39, 0.29) is 29.9 Å². The molecule has 1 fully saturated rings. The first kappa shape index (κ1) is 18.0. The van der Waals surface area contributed by atoms with E-state index in [9.17, 15) is 14.4 Å². The van der Waals surface area contributed by atoms with Gasteiger partial charge in [0.1, 0.15) is 5.82 Å². The number of nitrogens with one attached hydrogen (secondary N) is 1. The molecule has 7 nitrogen and oxygen atoms in total. The zero-order chi connectivity index (χ0) is 18.7. The standard InChI is InChI=1S/C19H24N4O3/c1-2-11-22(18(25)14-9-6-10-14)15-16(20)23(19(26)21-17(15)24)12-13-7-4-3-5-8-13/h3-5,7-8,14H,2,6,9-12,20H2,1H3,(H,21,24,26). The van der Waals surface area contributed by atoms with Crippen molar-refractivity contribution in [3.05, 3.63) is 56.7 Å². The maximum absolute atomic E-state index is 12.8. The fourth-order valence-corrected chi connectivity index (χ4v) is 3.19. The Hall–Kier alpha value is -2.83. The summed E-state index contributed by atoms with van der Waals surface area (Å²) in [7, 11) is 0. The normalized spacial score (nSPS) is 14.0. The molecule has 0 bridgehead atoms. The molecule has 138 valence electrons. The minimum absolute atomic E-state index is 0.0312. The highest BCUT2D eigenvalue weighted by atomic mass is 16.2. The predicted octanol–water partition coefficient (Wildman–Crippen LogP) is 1.71. The molecular weight excluding hydrogens is 332 g/mol. The third kappa shape index (κ3) is 3.42. The molecule has 1 aromatic carbocycles. The fraction of sp³-hybridized carbons (Fsp3) is 0.421. The van der Waals surface area contributed by atoms with Crippen molar-refractivity contribution in [3.8, 4) is 0 Å². The smallest absolute Gasteiger partial charge is 0.330 e. The van der Waals surface area contributed by atoms with Crippen LogP contribution in [-0.2, 0) is 11.3 Å². The van der Waals surface area contributed by atoms with Crippen LogP contribution in [0, 0.1) is 5.92 Å². The van der Waals surface area contributed by atoms with Crippen molar-refractivity contribution >= 4 is 17.4 Å². The number of benzene rings is 1. The van der Waals surface area contributed by atoms with Crippen LogP contribution in [0.1, 0.15) is 38.2 Å². The Morgan fingerprint density at radius 2 is 1.96 bits per heavy atom. The van der Waals surface area contributed by atoms with Gasteiger partial charge in [-0.05, 0) is 24.8 Å². The van der Waals surface area contributed by atoms with Crippen LogP contribution in [0.15, 0.2) is 39.9 Å². The van der Waals surface area contributed by atoms with Crippen molar-refractivity contribution in [1.82, 2.24) is 9.55 Å². The van der Waals surface area contributed by atoms with Crippen LogP contribution in [0.25, 0.3) is 0 Å². The molecular formula is C19H24N4O3. The summed E-state index contributed by atoms with van der Waals surface area (Å²) in [6.45, 7) is 2.56. The molecule has 0 unspecified atom stereocenters. The summed E-state index contributed by atoms with van der Waals surface area (Å²) in [5, 5.41) is 0. The van der Waals surface area contributed by atoms with Gasteiger partial charge in [-0.15, -0.1) is 0 Å². The second-order valence-electron chi connectivity index (χ2n) is 6.68. The van der Waals surface area contributed by atoms with Crippen LogP contribution < -0.4 is 21.9 Å². The van der Waals surface area contributed by atoms with Gasteiger partial charge in [-0.1, -0.05) is 43.7 Å². The van der Waals surface area contributed by atoms with Crippen molar-refractivity contribution in [3.63, 3.8) is 0 Å². The van der Waals surface area contributed by atoms with Gasteiger partial charge >= 0.3 is 5.69 Å². The number of nitrogen functional groups attached to an aromatic ring is 1. The topological polar surface area (TPSA) is 101 Å². The van der Waals surface area contributed by atoms with Gasteiger partial charge in [0.25, 0.3) is 5.56 Å². The molecule has 1 amide bonds. The van der Waals surface area contributed by atoms with Gasteiger partial charge in [-0.25, -0.2) is 4.79 Å². The predicted molar refractivity (Wildman–Crippen MR) is 101 cm³/mol. The second-order valence-corrected chi connectivity index (χ2v) is 6.68. The molecule has 1 heterocycles. The van der Waals surface area contributed by atoms with Crippen molar-refractivity contribution in [2.45, 2.75) is 39.2 Å². The molecule has 0 saturated heterocycles. The first-order valence-electron chi connectivity index (χ1n) is 9.00. The lowest BCUT2D eigenvalue weighted by molar-refractivity contribution is -0.124. The van der Waals surface area contributed by atoms with Gasteiger partial charge < -0.3 is 10.6 Å². The first-order valence-corrected chi connectivity index (χ1v) is 9.00. The van der Waals surface area contributed by atoms with E-state index in [1.165, 1.54) is 9.47 Å². The second kappa shape index (κ2) is 7.59. The van der Waals surface area contributed by atoms with E-state index in [2.05, 4.69) is 4.98 Å². The number of aromatic amines is 1. The number of hydrogen-bond acceptors (Lipinski definition) is 4. The SMILES string of the molecule is CCCN(C(=O)C1CCC1)c1c(N)n(Cc2ccccc2)c(=O)[nH]c1=O. The highest BCUT2D eigenvalue weighted by Gasteiger charge is 2.32. The number of carbonyl (C=O) groups excluding carboxylic acids is 1. The van der Waals surface area contributed by atoms with Gasteiger partial charge in [0.05, 0.1) is 6.54 Å². The summed E-state index contributed by atoms with van der Waals surface area (Å²) >= 11 is 0. The lowest BCUT2D eigenvalue weighted by Gasteiger charge is -2.32. The van der Waals surface area contributed by atoms with E-state index < -0.39 is 11.2 Å². The maximum atomic E-state index is 12.8. The summed E-state index contributed by atoms with van der Waals surface area (Å²) in [5.41, 5.74) is 5.99. The van der Waals surface area contributed by atoms with Crippen molar-refractivity contribution in [2.24, 2.45) is 5.92 Å². The number of aromatic nitrogens is 2. The summed E-state index contributed by atoms with van der Waals surface area (Å²) in [5.74, 6) is -0.112. The molecule has 0 radical (unpaired) electrons. The summed E-state index contributed by atoms with van der Waals surface area (Å²) < 4.78 is 1.31. The number of nitrogens with two attached hydrogens (primary N) is 1. The first-order chi connectivity index (χ1) is 12.5. The van der Waals surface area contributed by atoms with E-state index in [4.69, 9.17) is 5.73 Å². The fourth-order valence-electron chi connectivity index (χ4n) is 3.19. The van der Waals surface area contributed by atoms with Crippen molar-refractivity contribution < 1.29 is 4.79 Å². The van der Waals surface area contributed by atoms with Gasteiger partial charge in [0.15, 0.2) is 5.69 Å². The van der Waals surface area contributed by atoms with E-state index in [0.29, 0.717) is 13.0 Å². The summed E-state index contributed by atoms with van der Waals surface area (Å²) in [6, 6.07) is 9.37. The zero-order valence-corrected chi connectivity index (χ0v) is 14.9. The number of anilines is 2. The van der Waals surface area contributed by atoms with E-state index in [0.717, 1.165) is 24.8 Å². The van der Waals surface area contributed by atoms with Crippen LogP contribution in [0.3, 0.4) is 0 Å². The third-order valence-electron chi connectivity index (χ3n) is 4.84. The lowest BCUT2D eigenvalue weighted by Crippen LogP contribution is -2.45. The van der Waals surface area contributed by atoms with Gasteiger partial charge in [-0.3, -0.25) is 19.1 Å². The van der Waals surface area contributed by atoms with Crippen LogP contribution in [-0.4, -0.2) is 22.0 Å². The lowest BCUT2D eigenvalue weighted by atomic mass is 9.84. The van der Waals surface area contributed by atoms with E-state index in [1.807, 2.05) is 37.3 Å². The highest BCUT2D eigenvalue weighted by Crippen LogP contribution is 2.30. The molecule has 26 heavy (non-hydrogen) atoms. The molecule has 1 aliphatic carbocycles. The monoisotopic (exact) mass is 356 g/mol. The quantitative estimate of drug-likeness (QED) is 0.823. The number of rotatable bonds is 6. The summed E-state index contributed by atoms with van der Waals surface area (Å²) in [4.78, 5) is 41.3. The van der Waals surface area contributed by atoms with Crippen molar-refractivity contribution in [2.75, 3.05) is 17.2 Å². The average Bonchev–Trinajstić information content (AvgIpc) is 2.57. The Kier molecular flexibility index (Phi) is 5.25. The van der Waals surface area contributed by atoms with Crippen LogP contribution in [0.5, 0.6) is 0 Å². The van der Waals surface area contributed by atoms with Gasteiger partial charge in [0, 0.05) is 12.5 Å². The number of carbonyl (C=O) groups is 1. The highest BCUT2D eigenvalue weighted by molar-refractivity contribution is 5.97. The minimum atomic E-state index is -0.613. The average molecular weight is 356 g/mol. The summed E-state index contributed by atoms with van der Waals surface area (Å²) in [6.07, 6.45) is 3.38. The number of amides is 1. The molecule has 1 aliphatic rings. The van der Waals surface area contributed by atoms with Crippen LogP contribution in [0.2, 0.25) is 0 Å². The zero-order valence-electron chi connectivity index (χ0n) is 14.9. The van der Waals surface area contributed by atoms with Crippen molar-refractivity contribution in [1.29, 1.82) is 0 Å². The van der Waals surface area contributed by atoms with E-state index >= 15 is 0 Å². The molecule has 7 heteroatoms. The van der Waals surface area contributed by atoms with Gasteiger partial charge in [-0.2, -0.15) is 0 Å². The minimum Gasteiger partial charge on any atom is -0.383 e. The molecule has 0 atom stereocenters. The molecule has 3 N–H and O–H groups in total. The maximum Gasteiger partial charge on any atom is 0.330 e. The molecule has 1 aromatic heterocycles. The van der Waals surface area contributed by atoms with Crippen LogP contribution >= 0.6 is 0 Å². The third-order valence-corrected chi connectivity index (χ3v) is 4.84. The largest absolute Gasteiger partial charge is 0.383 e. The Balaban J connectivity index is 2.05. The number of hydrogen-bond donors (Lipinski definition) is 2. The molecule has 0 spiro atoms. The number of H-pyrrole nitrogens is 1. The number of nitrogens with zero attached hydrogens (tertiary/aromatic N) is 2. The molecule has 2 aromatic rings. The molecule has 0 aliphatic heterocycles. The Bertz CT molecular complexity index is 897. The van der Waals surface area contributed by atoms with Crippen LogP contribution in [0.4, 0.5) is 11.5 Å².